The van der Waals surface area contributed by atoms with Crippen LogP contribution in [0.15, 0.2) is 103 Å². The van der Waals surface area contributed by atoms with Crippen molar-refractivity contribution in [2.45, 2.75) is 217 Å². The van der Waals surface area contributed by atoms with Crippen molar-refractivity contribution in [1.29, 1.82) is 0 Å². The van der Waals surface area contributed by atoms with Gasteiger partial charge in [0.05, 0.1) is 5.69 Å². The van der Waals surface area contributed by atoms with E-state index in [1.165, 1.54) is 12.8 Å². The van der Waals surface area contributed by atoms with E-state index in [1.54, 1.807) is 40.2 Å². The molecule has 0 bridgehead atoms. The molecule has 23 nitrogen and oxygen atoms in total. The molecule has 9 heterocycles. The molecule has 0 amide bonds. The number of aryl methyl sites for hydroxylation is 4. The van der Waals surface area contributed by atoms with Crippen LogP contribution in [0.3, 0.4) is 0 Å². The van der Waals surface area contributed by atoms with Gasteiger partial charge in [0.15, 0.2) is 11.7 Å². The Morgan fingerprint density at radius 1 is 0.460 bits per heavy atom. The number of halogens is 2. The van der Waals surface area contributed by atoms with Crippen molar-refractivity contribution >= 4 is 0 Å². The SMILES string of the molecule is CC(C)c1cc(-c2ccccc2)no1.CC(C)c1nc(-c2ccccn2)no1.CC(C)c1nnc(C(C)(F)F)o1.CC(C)c1nnc(C2CC2)o1.Cc1coc(C(C)C)n1.Cc1nnc(C(C)C)o1.Cc1nnc(C(C)C)o1.Cc1noc(C(C)C)n1. The van der Waals surface area contributed by atoms with Gasteiger partial charge >= 0.3 is 5.92 Å². The molecule has 1 fully saturated rings. The Kier molecular flexibility index (Phi) is 28.2. The van der Waals surface area contributed by atoms with Gasteiger partial charge in [0, 0.05) is 91.9 Å². The van der Waals surface area contributed by atoms with Gasteiger partial charge in [0.2, 0.25) is 58.8 Å². The van der Waals surface area contributed by atoms with Crippen molar-refractivity contribution in [3.8, 4) is 22.8 Å². The lowest BCUT2D eigenvalue weighted by molar-refractivity contribution is -0.0121. The average molecular weight is 1210 g/mol. The number of aromatic nitrogens is 15. The summed E-state index contributed by atoms with van der Waals surface area (Å²) in [6.45, 7) is 40.2. The second-order valence-corrected chi connectivity index (χ2v) is 22.8. The molecule has 0 unspecified atom stereocenters. The molecule has 1 aliphatic carbocycles. The van der Waals surface area contributed by atoms with Crippen LogP contribution in [0.25, 0.3) is 22.8 Å². The summed E-state index contributed by atoms with van der Waals surface area (Å²) >= 11 is 0. The van der Waals surface area contributed by atoms with Gasteiger partial charge in [-0.1, -0.05) is 163 Å². The normalized spacial score (nSPS) is 11.9. The molecule has 9 aromatic heterocycles. The number of oxazole rings is 1. The molecular formula is C62H87F2N15O8. The minimum atomic E-state index is -3.04. The van der Waals surface area contributed by atoms with Gasteiger partial charge in [-0.2, -0.15) is 18.7 Å². The quantitative estimate of drug-likeness (QED) is 0.110. The molecule has 87 heavy (non-hydrogen) atoms. The van der Waals surface area contributed by atoms with E-state index in [0.717, 1.165) is 53.0 Å². The van der Waals surface area contributed by atoms with E-state index in [0.29, 0.717) is 88.4 Å². The molecule has 0 saturated heterocycles. The summed E-state index contributed by atoms with van der Waals surface area (Å²) in [7, 11) is 0. The maximum atomic E-state index is 12.5. The number of hydrogen-bond donors (Lipinski definition) is 0. The van der Waals surface area contributed by atoms with Crippen molar-refractivity contribution in [1.82, 2.24) is 76.2 Å². The Morgan fingerprint density at radius 2 is 0.954 bits per heavy atom. The Hall–Kier alpha value is -8.51. The van der Waals surface area contributed by atoms with Crippen LogP contribution in [0.1, 0.15) is 266 Å². The van der Waals surface area contributed by atoms with Crippen molar-refractivity contribution in [3.63, 3.8) is 0 Å². The van der Waals surface area contributed by atoms with Crippen molar-refractivity contribution in [2.75, 3.05) is 0 Å². The summed E-state index contributed by atoms with van der Waals surface area (Å²) in [4.78, 5) is 16.6. The first-order valence-corrected chi connectivity index (χ1v) is 29.2. The molecule has 0 radical (unpaired) electrons. The molecule has 11 rings (SSSR count). The molecule has 0 spiro atoms. The predicted octanol–water partition coefficient (Wildman–Crippen LogP) is 16.7. The smallest absolute Gasteiger partial charge is 0.321 e. The fraction of sp³-hybridized carbons (Fsp3) is 0.532. The highest BCUT2D eigenvalue weighted by Crippen LogP contribution is 2.39. The minimum absolute atomic E-state index is 0.0198. The number of alkyl halides is 2. The Bertz CT molecular complexity index is 3160. The van der Waals surface area contributed by atoms with Crippen molar-refractivity contribution in [2.24, 2.45) is 0 Å². The minimum Gasteiger partial charge on any atom is -0.448 e. The number of benzene rings is 1. The summed E-state index contributed by atoms with van der Waals surface area (Å²) in [6.07, 6.45) is 5.83. The molecule has 25 heteroatoms. The molecule has 1 aliphatic rings. The second-order valence-electron chi connectivity index (χ2n) is 22.8. The first kappa shape index (κ1) is 71.0. The number of hydrogen-bond acceptors (Lipinski definition) is 23. The zero-order valence-electron chi connectivity index (χ0n) is 54.2. The van der Waals surface area contributed by atoms with Gasteiger partial charge in [0.1, 0.15) is 23.4 Å². The first-order chi connectivity index (χ1) is 41.0. The zero-order chi connectivity index (χ0) is 64.5. The van der Waals surface area contributed by atoms with E-state index in [1.807, 2.05) is 124 Å². The third-order valence-corrected chi connectivity index (χ3v) is 11.4. The maximum Gasteiger partial charge on any atom is 0.321 e. The van der Waals surface area contributed by atoms with Gasteiger partial charge < -0.3 is 35.7 Å². The second kappa shape index (κ2) is 34.6. The molecule has 1 aromatic carbocycles. The van der Waals surface area contributed by atoms with Crippen LogP contribution in [-0.4, -0.2) is 76.2 Å². The highest BCUT2D eigenvalue weighted by atomic mass is 19.3. The summed E-state index contributed by atoms with van der Waals surface area (Å²) in [5.74, 6) is 8.25. The maximum absolute atomic E-state index is 12.5. The van der Waals surface area contributed by atoms with Gasteiger partial charge in [-0.05, 0) is 38.8 Å². The highest BCUT2D eigenvalue weighted by molar-refractivity contribution is 5.58. The van der Waals surface area contributed by atoms with Crippen LogP contribution in [-0.2, 0) is 5.92 Å². The van der Waals surface area contributed by atoms with Gasteiger partial charge in [-0.15, -0.1) is 40.8 Å². The van der Waals surface area contributed by atoms with Gasteiger partial charge in [-0.25, -0.2) is 4.98 Å². The number of pyridine rings is 1. The standard InChI is InChI=1S/C12H13NO.C10H11N3O.C8H12N2O.C7H10F2N2O.C7H11NO.3C6H10N2O/c1-9(2)12-8-11(13-14-12)10-6-4-3-5-7-10;1-7(2)10-12-9(13-14-10)8-5-3-4-6-11-8;1-5(2)7-9-10-8(11-7)6-3-4-6;1-4(2)5-10-11-6(12-5)7(3,8)9;1-5(2)7-8-6(3)4-9-7;2*1-4(2)6-8-7-5(3)9-6;1-4(2)6-7-5(3)8-9-6/h3-9H,1-2H3;3-7H,1-2H3;5-6H,3-4H2,1-2H3;4H,1-3H3;4-5H,1-3H3;3*4H,1-3H3. The van der Waals surface area contributed by atoms with Crippen molar-refractivity contribution in [3.05, 3.63) is 149 Å². The predicted molar refractivity (Wildman–Crippen MR) is 321 cm³/mol. The van der Waals surface area contributed by atoms with E-state index in [9.17, 15) is 8.78 Å². The van der Waals surface area contributed by atoms with E-state index < -0.39 is 11.8 Å². The summed E-state index contributed by atoms with van der Waals surface area (Å²) in [5, 5.41) is 41.3. The fourth-order valence-electron chi connectivity index (χ4n) is 6.27. The van der Waals surface area contributed by atoms with Gasteiger partial charge in [-0.3, -0.25) is 4.98 Å². The lowest BCUT2D eigenvalue weighted by atomic mass is 10.1. The van der Waals surface area contributed by atoms with E-state index in [2.05, 4.69) is 118 Å². The molecule has 0 atom stereocenters. The lowest BCUT2D eigenvalue weighted by Crippen LogP contribution is -2.06. The Balaban J connectivity index is 0.000000214. The number of nitrogens with zero attached hydrogens (tertiary/aromatic N) is 15. The third-order valence-electron chi connectivity index (χ3n) is 11.4. The van der Waals surface area contributed by atoms with E-state index in [-0.39, 0.29) is 17.7 Å². The molecule has 472 valence electrons. The third kappa shape index (κ3) is 25.2. The topological polar surface area (TPSA) is 298 Å². The van der Waals surface area contributed by atoms with Gasteiger partial charge in [0.25, 0.3) is 5.89 Å². The molecular weight excluding hydrogens is 1120 g/mol. The van der Waals surface area contributed by atoms with Crippen molar-refractivity contribution < 1.29 is 44.4 Å². The van der Waals surface area contributed by atoms with Crippen LogP contribution < -0.4 is 0 Å². The zero-order valence-corrected chi connectivity index (χ0v) is 54.2. The molecule has 1 saturated carbocycles. The van der Waals surface area contributed by atoms with Crippen LogP contribution in [0.2, 0.25) is 0 Å². The number of rotatable bonds is 12. The largest absolute Gasteiger partial charge is 0.448 e. The van der Waals surface area contributed by atoms with Crippen LogP contribution in [0.4, 0.5) is 8.78 Å². The fourth-order valence-corrected chi connectivity index (χ4v) is 6.27. The molecule has 0 N–H and O–H groups in total. The first-order valence-electron chi connectivity index (χ1n) is 29.2. The Morgan fingerprint density at radius 3 is 1.30 bits per heavy atom. The summed E-state index contributed by atoms with van der Waals surface area (Å²) < 4.78 is 65.8. The highest BCUT2D eigenvalue weighted by Gasteiger charge is 2.32. The molecule has 10 aromatic rings. The Labute approximate surface area is 508 Å². The summed E-state index contributed by atoms with van der Waals surface area (Å²) in [5.41, 5.74) is 3.71. The van der Waals surface area contributed by atoms with E-state index in [4.69, 9.17) is 35.7 Å². The van der Waals surface area contributed by atoms with Crippen LogP contribution in [0, 0.1) is 27.7 Å². The average Bonchev–Trinajstić information content (AvgIpc) is 3.32. The van der Waals surface area contributed by atoms with Crippen LogP contribution in [0.5, 0.6) is 0 Å². The summed E-state index contributed by atoms with van der Waals surface area (Å²) in [6, 6.07) is 17.7. The monoisotopic (exact) mass is 1210 g/mol. The molecule has 0 aliphatic heterocycles. The van der Waals surface area contributed by atoms with E-state index >= 15 is 0 Å². The van der Waals surface area contributed by atoms with Crippen LogP contribution >= 0.6 is 0 Å². The lowest BCUT2D eigenvalue weighted by Gasteiger charge is -2.02.